The molecule has 1 aromatic heterocycles. The molecule has 5 nitrogen and oxygen atoms in total. The van der Waals surface area contributed by atoms with Gasteiger partial charge in [0.25, 0.3) is 0 Å². The van der Waals surface area contributed by atoms with Gasteiger partial charge in [0.2, 0.25) is 5.91 Å². The highest BCUT2D eigenvalue weighted by Gasteiger charge is 2.22. The van der Waals surface area contributed by atoms with E-state index in [-0.39, 0.29) is 12.5 Å². The Morgan fingerprint density at radius 3 is 2.85 bits per heavy atom. The zero-order valence-electron chi connectivity index (χ0n) is 11.9. The summed E-state index contributed by atoms with van der Waals surface area (Å²) >= 11 is 0. The molecule has 0 spiro atoms. The summed E-state index contributed by atoms with van der Waals surface area (Å²) in [6.45, 7) is 1.44. The molecule has 1 saturated carbocycles. The number of carbonyl (C=O) groups is 1. The Balaban J connectivity index is 1.78. The molecule has 1 heterocycles. The highest BCUT2D eigenvalue weighted by Crippen LogP contribution is 2.22. The smallest absolute Gasteiger partial charge is 0.234 e. The van der Waals surface area contributed by atoms with Gasteiger partial charge in [0, 0.05) is 12.6 Å². The van der Waals surface area contributed by atoms with Crippen LogP contribution in [0.1, 0.15) is 37.9 Å². The Morgan fingerprint density at radius 1 is 1.40 bits per heavy atom. The topological polar surface area (TPSA) is 65.7 Å². The molecule has 20 heavy (non-hydrogen) atoms. The molecule has 112 valence electrons. The average Bonchev–Trinajstić information content (AvgIpc) is 2.99. The van der Waals surface area contributed by atoms with E-state index in [0.29, 0.717) is 25.7 Å². The molecular weight excluding hydrogens is 256 g/mol. The molecule has 1 amide bonds. The van der Waals surface area contributed by atoms with Crippen molar-refractivity contribution < 1.29 is 14.3 Å². The van der Waals surface area contributed by atoms with Gasteiger partial charge in [-0.15, -0.1) is 0 Å². The molecule has 0 aromatic carbocycles. The monoisotopic (exact) mass is 280 g/mol. The lowest BCUT2D eigenvalue weighted by Gasteiger charge is -2.33. The minimum Gasteiger partial charge on any atom is -0.467 e. The molecule has 0 atom stereocenters. The molecule has 2 N–H and O–H groups in total. The molecule has 1 fully saturated rings. The summed E-state index contributed by atoms with van der Waals surface area (Å²) in [5.74, 6) is 0.741. The van der Waals surface area contributed by atoms with Crippen LogP contribution in [0, 0.1) is 0 Å². The SMILES string of the molecule is O=C(CN(CCO)C1CCCCC1)NCc1ccco1. The molecule has 0 unspecified atom stereocenters. The quantitative estimate of drug-likeness (QED) is 0.795. The first-order valence-electron chi connectivity index (χ1n) is 7.43. The zero-order chi connectivity index (χ0) is 14.2. The zero-order valence-corrected chi connectivity index (χ0v) is 11.9. The van der Waals surface area contributed by atoms with Crippen molar-refractivity contribution in [2.45, 2.75) is 44.7 Å². The van der Waals surface area contributed by atoms with Crippen LogP contribution < -0.4 is 5.32 Å². The van der Waals surface area contributed by atoms with Crippen molar-refractivity contribution >= 4 is 5.91 Å². The molecule has 1 aliphatic carbocycles. The molecule has 5 heteroatoms. The predicted molar refractivity (Wildman–Crippen MR) is 76.1 cm³/mol. The molecular formula is C15H24N2O3. The second-order valence-electron chi connectivity index (χ2n) is 5.34. The maximum atomic E-state index is 12.0. The van der Waals surface area contributed by atoms with Gasteiger partial charge in [-0.3, -0.25) is 9.69 Å². The van der Waals surface area contributed by atoms with E-state index in [4.69, 9.17) is 4.42 Å². The number of rotatable bonds is 7. The number of nitrogens with zero attached hydrogens (tertiary/aromatic N) is 1. The Bertz CT molecular complexity index is 386. The van der Waals surface area contributed by atoms with Crippen LogP contribution in [-0.2, 0) is 11.3 Å². The predicted octanol–water partition coefficient (Wildman–Crippen LogP) is 1.52. The first-order valence-corrected chi connectivity index (χ1v) is 7.43. The van der Waals surface area contributed by atoms with E-state index in [1.54, 1.807) is 6.26 Å². The molecule has 0 saturated heterocycles. The van der Waals surface area contributed by atoms with Crippen molar-refractivity contribution in [1.82, 2.24) is 10.2 Å². The highest BCUT2D eigenvalue weighted by molar-refractivity contribution is 5.77. The molecule has 1 aliphatic rings. The summed E-state index contributed by atoms with van der Waals surface area (Å²) < 4.78 is 5.18. The first kappa shape index (κ1) is 15.1. The van der Waals surface area contributed by atoms with Crippen LogP contribution in [0.2, 0.25) is 0 Å². The second-order valence-corrected chi connectivity index (χ2v) is 5.34. The number of aliphatic hydroxyl groups is 1. The van der Waals surface area contributed by atoms with Gasteiger partial charge in [0.05, 0.1) is 26.0 Å². The van der Waals surface area contributed by atoms with Crippen molar-refractivity contribution in [3.05, 3.63) is 24.2 Å². The second kappa shape index (κ2) is 8.07. The molecule has 0 radical (unpaired) electrons. The Labute approximate surface area is 119 Å². The van der Waals surface area contributed by atoms with Crippen LogP contribution in [-0.4, -0.2) is 41.7 Å². The van der Waals surface area contributed by atoms with Gasteiger partial charge in [-0.1, -0.05) is 19.3 Å². The van der Waals surface area contributed by atoms with E-state index in [2.05, 4.69) is 10.2 Å². The largest absolute Gasteiger partial charge is 0.467 e. The van der Waals surface area contributed by atoms with E-state index >= 15 is 0 Å². The fourth-order valence-electron chi connectivity index (χ4n) is 2.80. The lowest BCUT2D eigenvalue weighted by molar-refractivity contribution is -0.123. The van der Waals surface area contributed by atoms with Crippen LogP contribution in [0.25, 0.3) is 0 Å². The lowest BCUT2D eigenvalue weighted by atomic mass is 9.94. The Morgan fingerprint density at radius 2 is 2.20 bits per heavy atom. The fraction of sp³-hybridized carbons (Fsp3) is 0.667. The third-order valence-corrected chi connectivity index (χ3v) is 3.86. The number of hydrogen-bond donors (Lipinski definition) is 2. The van der Waals surface area contributed by atoms with Crippen LogP contribution in [0.5, 0.6) is 0 Å². The number of furan rings is 1. The van der Waals surface area contributed by atoms with Gasteiger partial charge in [0.1, 0.15) is 5.76 Å². The van der Waals surface area contributed by atoms with Crippen LogP contribution in [0.4, 0.5) is 0 Å². The van der Waals surface area contributed by atoms with Gasteiger partial charge in [-0.05, 0) is 25.0 Å². The number of aliphatic hydroxyl groups excluding tert-OH is 1. The van der Waals surface area contributed by atoms with Crippen molar-refractivity contribution in [2.75, 3.05) is 19.7 Å². The Hall–Kier alpha value is -1.33. The van der Waals surface area contributed by atoms with E-state index in [9.17, 15) is 9.90 Å². The van der Waals surface area contributed by atoms with Crippen molar-refractivity contribution in [2.24, 2.45) is 0 Å². The van der Waals surface area contributed by atoms with Crippen molar-refractivity contribution in [3.8, 4) is 0 Å². The van der Waals surface area contributed by atoms with E-state index < -0.39 is 0 Å². The summed E-state index contributed by atoms with van der Waals surface area (Å²) in [4.78, 5) is 14.1. The number of hydrogen-bond acceptors (Lipinski definition) is 4. The molecule has 0 bridgehead atoms. The first-order chi connectivity index (χ1) is 9.79. The maximum absolute atomic E-state index is 12.0. The number of amides is 1. The third kappa shape index (κ3) is 4.65. The summed E-state index contributed by atoms with van der Waals surface area (Å²) in [5.41, 5.74) is 0. The van der Waals surface area contributed by atoms with Crippen LogP contribution >= 0.6 is 0 Å². The Kier molecular flexibility index (Phi) is 6.08. The van der Waals surface area contributed by atoms with E-state index in [1.807, 2.05) is 12.1 Å². The van der Waals surface area contributed by atoms with Gasteiger partial charge >= 0.3 is 0 Å². The standard InChI is InChI=1S/C15H24N2O3/c18-9-8-17(13-5-2-1-3-6-13)12-15(19)16-11-14-7-4-10-20-14/h4,7,10,13,18H,1-3,5-6,8-9,11-12H2,(H,16,19). The maximum Gasteiger partial charge on any atom is 0.234 e. The summed E-state index contributed by atoms with van der Waals surface area (Å²) in [6.07, 6.45) is 7.59. The molecule has 2 rings (SSSR count). The lowest BCUT2D eigenvalue weighted by Crippen LogP contribution is -2.44. The van der Waals surface area contributed by atoms with Crippen LogP contribution in [0.15, 0.2) is 22.8 Å². The van der Waals surface area contributed by atoms with Gasteiger partial charge in [0.15, 0.2) is 0 Å². The van der Waals surface area contributed by atoms with Crippen LogP contribution in [0.3, 0.4) is 0 Å². The minimum atomic E-state index is -0.0135. The minimum absolute atomic E-state index is 0.0135. The van der Waals surface area contributed by atoms with E-state index in [0.717, 1.165) is 18.6 Å². The highest BCUT2D eigenvalue weighted by atomic mass is 16.3. The van der Waals surface area contributed by atoms with E-state index in [1.165, 1.54) is 19.3 Å². The summed E-state index contributed by atoms with van der Waals surface area (Å²) in [7, 11) is 0. The average molecular weight is 280 g/mol. The van der Waals surface area contributed by atoms with Gasteiger partial charge in [-0.25, -0.2) is 0 Å². The summed E-state index contributed by atoms with van der Waals surface area (Å²) in [6, 6.07) is 4.08. The fourth-order valence-corrected chi connectivity index (χ4v) is 2.80. The van der Waals surface area contributed by atoms with Gasteiger partial charge < -0.3 is 14.8 Å². The molecule has 1 aromatic rings. The third-order valence-electron chi connectivity index (χ3n) is 3.86. The normalized spacial score (nSPS) is 16.5. The summed E-state index contributed by atoms with van der Waals surface area (Å²) in [5, 5.41) is 12.0. The number of nitrogens with one attached hydrogen (secondary N) is 1. The van der Waals surface area contributed by atoms with Crippen molar-refractivity contribution in [3.63, 3.8) is 0 Å². The number of carbonyl (C=O) groups excluding carboxylic acids is 1. The molecule has 0 aliphatic heterocycles. The van der Waals surface area contributed by atoms with Crippen molar-refractivity contribution in [1.29, 1.82) is 0 Å². The van der Waals surface area contributed by atoms with Gasteiger partial charge in [-0.2, -0.15) is 0 Å².